The van der Waals surface area contributed by atoms with Gasteiger partial charge in [-0.2, -0.15) is 0 Å². The Hall–Kier alpha value is -0.160. The predicted octanol–water partition coefficient (Wildman–Crippen LogP) is 6.29. The molecule has 0 spiro atoms. The van der Waals surface area contributed by atoms with Crippen LogP contribution in [0.25, 0.3) is 0 Å². The minimum Gasteiger partial charge on any atom is -0.394 e. The zero-order chi connectivity index (χ0) is 20.5. The second-order valence-corrected chi connectivity index (χ2v) is 7.91. The molecule has 0 aromatic carbocycles. The third-order valence-electron chi connectivity index (χ3n) is 5.20. The van der Waals surface area contributed by atoms with Crippen LogP contribution in [0.1, 0.15) is 110 Å². The minimum absolute atomic E-state index is 0.0713. The van der Waals surface area contributed by atoms with Gasteiger partial charge in [0.1, 0.15) is 0 Å². The van der Waals surface area contributed by atoms with Crippen molar-refractivity contribution in [2.75, 3.05) is 39.6 Å². The molecule has 0 bridgehead atoms. The van der Waals surface area contributed by atoms with Crippen LogP contribution in [0, 0.1) is 0 Å². The fourth-order valence-corrected chi connectivity index (χ4v) is 3.45. The number of ether oxygens (including phenoxy) is 3. The average Bonchev–Trinajstić information content (AvgIpc) is 2.71. The van der Waals surface area contributed by atoms with E-state index in [0.29, 0.717) is 39.1 Å². The fraction of sp³-hybridized carbons (Fsp3) is 1.00. The van der Waals surface area contributed by atoms with Crippen molar-refractivity contribution in [3.8, 4) is 0 Å². The summed E-state index contributed by atoms with van der Waals surface area (Å²) in [5, 5.41) is 8.66. The van der Waals surface area contributed by atoms with Crippen LogP contribution in [0.3, 0.4) is 0 Å². The molecular formula is C24H50O4. The van der Waals surface area contributed by atoms with Gasteiger partial charge in [0.15, 0.2) is 0 Å². The molecule has 0 saturated heterocycles. The summed E-state index contributed by atoms with van der Waals surface area (Å²) in [5.74, 6) is 0. The maximum Gasteiger partial charge on any atom is 0.0704 e. The lowest BCUT2D eigenvalue weighted by molar-refractivity contribution is -0.0199. The number of hydrogen-bond donors (Lipinski definition) is 1. The molecule has 1 unspecified atom stereocenters. The van der Waals surface area contributed by atoms with E-state index < -0.39 is 0 Å². The molecule has 0 rings (SSSR count). The highest BCUT2D eigenvalue weighted by Crippen LogP contribution is 2.17. The van der Waals surface area contributed by atoms with Gasteiger partial charge in [-0.25, -0.2) is 0 Å². The molecule has 28 heavy (non-hydrogen) atoms. The molecule has 0 amide bonds. The van der Waals surface area contributed by atoms with Crippen LogP contribution in [0.5, 0.6) is 0 Å². The van der Waals surface area contributed by atoms with E-state index in [1.807, 2.05) is 0 Å². The zero-order valence-electron chi connectivity index (χ0n) is 19.1. The number of aliphatic hydroxyl groups is 1. The van der Waals surface area contributed by atoms with Crippen molar-refractivity contribution in [3.05, 3.63) is 0 Å². The van der Waals surface area contributed by atoms with Crippen molar-refractivity contribution in [3.63, 3.8) is 0 Å². The molecular weight excluding hydrogens is 352 g/mol. The van der Waals surface area contributed by atoms with Gasteiger partial charge in [0.2, 0.25) is 0 Å². The molecule has 4 nitrogen and oxygen atoms in total. The van der Waals surface area contributed by atoms with Crippen LogP contribution in [-0.2, 0) is 14.2 Å². The van der Waals surface area contributed by atoms with Crippen molar-refractivity contribution in [2.45, 2.75) is 116 Å². The smallest absolute Gasteiger partial charge is 0.0704 e. The molecule has 0 heterocycles. The maximum atomic E-state index is 8.66. The molecule has 0 aromatic heterocycles. The summed E-state index contributed by atoms with van der Waals surface area (Å²) >= 11 is 0. The molecule has 0 fully saturated rings. The molecule has 4 heteroatoms. The second kappa shape index (κ2) is 24.9. The Morgan fingerprint density at radius 2 is 0.964 bits per heavy atom. The maximum absolute atomic E-state index is 8.66. The summed E-state index contributed by atoms with van der Waals surface area (Å²) < 4.78 is 16.9. The average molecular weight is 403 g/mol. The van der Waals surface area contributed by atoms with E-state index in [0.717, 1.165) is 0 Å². The SMILES string of the molecule is CCCCCCCCCC(CCCCCCCC)OCCOCCOCCO. The first-order valence-corrected chi connectivity index (χ1v) is 12.2. The summed E-state index contributed by atoms with van der Waals surface area (Å²) in [7, 11) is 0. The van der Waals surface area contributed by atoms with Crippen molar-refractivity contribution in [2.24, 2.45) is 0 Å². The summed E-state index contributed by atoms with van der Waals surface area (Å²) in [5.41, 5.74) is 0. The highest BCUT2D eigenvalue weighted by molar-refractivity contribution is 4.60. The number of rotatable bonds is 24. The number of hydrogen-bond acceptors (Lipinski definition) is 4. The van der Waals surface area contributed by atoms with E-state index >= 15 is 0 Å². The van der Waals surface area contributed by atoms with Gasteiger partial charge >= 0.3 is 0 Å². The second-order valence-electron chi connectivity index (χ2n) is 7.91. The molecule has 0 aliphatic heterocycles. The van der Waals surface area contributed by atoms with Gasteiger partial charge < -0.3 is 19.3 Å². The first-order valence-electron chi connectivity index (χ1n) is 12.2. The Labute approximate surface area is 175 Å². The molecule has 1 atom stereocenters. The normalized spacial score (nSPS) is 12.5. The first-order chi connectivity index (χ1) is 13.8. The third kappa shape index (κ3) is 22.1. The topological polar surface area (TPSA) is 47.9 Å². The van der Waals surface area contributed by atoms with Crippen molar-refractivity contribution < 1.29 is 19.3 Å². The predicted molar refractivity (Wildman–Crippen MR) is 119 cm³/mol. The number of unbranched alkanes of at least 4 members (excludes halogenated alkanes) is 11. The lowest BCUT2D eigenvalue weighted by atomic mass is 10.0. The Kier molecular flexibility index (Phi) is 24.7. The largest absolute Gasteiger partial charge is 0.394 e. The quantitative estimate of drug-likeness (QED) is 0.193. The number of aliphatic hydroxyl groups excluding tert-OH is 1. The highest BCUT2D eigenvalue weighted by atomic mass is 16.5. The van der Waals surface area contributed by atoms with Gasteiger partial charge in [0.05, 0.1) is 45.7 Å². The van der Waals surface area contributed by atoms with Crippen LogP contribution in [0.2, 0.25) is 0 Å². The Balaban J connectivity index is 3.78. The van der Waals surface area contributed by atoms with Crippen LogP contribution in [-0.4, -0.2) is 50.9 Å². The third-order valence-corrected chi connectivity index (χ3v) is 5.20. The van der Waals surface area contributed by atoms with Crippen molar-refractivity contribution in [1.82, 2.24) is 0 Å². The van der Waals surface area contributed by atoms with Crippen LogP contribution in [0.4, 0.5) is 0 Å². The molecule has 170 valence electrons. The van der Waals surface area contributed by atoms with Gasteiger partial charge in [-0.15, -0.1) is 0 Å². The zero-order valence-corrected chi connectivity index (χ0v) is 19.1. The molecule has 0 aromatic rings. The Morgan fingerprint density at radius 1 is 0.536 bits per heavy atom. The Bertz CT molecular complexity index is 273. The lowest BCUT2D eigenvalue weighted by Crippen LogP contribution is -2.17. The van der Waals surface area contributed by atoms with Crippen LogP contribution in [0.15, 0.2) is 0 Å². The van der Waals surface area contributed by atoms with E-state index in [1.54, 1.807) is 0 Å². The summed E-state index contributed by atoms with van der Waals surface area (Å²) in [6.07, 6.45) is 20.4. The summed E-state index contributed by atoms with van der Waals surface area (Å²) in [4.78, 5) is 0. The van der Waals surface area contributed by atoms with Gasteiger partial charge in [-0.05, 0) is 12.8 Å². The van der Waals surface area contributed by atoms with E-state index in [1.165, 1.54) is 96.3 Å². The van der Waals surface area contributed by atoms with E-state index in [2.05, 4.69) is 13.8 Å². The van der Waals surface area contributed by atoms with Crippen molar-refractivity contribution in [1.29, 1.82) is 0 Å². The van der Waals surface area contributed by atoms with Gasteiger partial charge in [0.25, 0.3) is 0 Å². The molecule has 1 N–H and O–H groups in total. The highest BCUT2D eigenvalue weighted by Gasteiger charge is 2.09. The van der Waals surface area contributed by atoms with E-state index in [9.17, 15) is 0 Å². The van der Waals surface area contributed by atoms with Crippen LogP contribution >= 0.6 is 0 Å². The lowest BCUT2D eigenvalue weighted by Gasteiger charge is -2.18. The van der Waals surface area contributed by atoms with Crippen molar-refractivity contribution >= 4 is 0 Å². The van der Waals surface area contributed by atoms with Gasteiger partial charge in [0, 0.05) is 0 Å². The van der Waals surface area contributed by atoms with Gasteiger partial charge in [-0.1, -0.05) is 97.3 Å². The first kappa shape index (κ1) is 27.8. The molecule has 0 radical (unpaired) electrons. The molecule has 0 aliphatic carbocycles. The minimum atomic E-state index is 0.0713. The molecule has 0 aliphatic rings. The fourth-order valence-electron chi connectivity index (χ4n) is 3.45. The summed E-state index contributed by atoms with van der Waals surface area (Å²) in [6.45, 7) is 7.43. The standard InChI is InChI=1S/C24H50O4/c1-3-5-7-9-11-13-15-17-24(16-14-12-10-8-6-4-2)28-23-22-27-21-20-26-19-18-25/h24-25H,3-23H2,1-2H3. The van der Waals surface area contributed by atoms with E-state index in [-0.39, 0.29) is 6.61 Å². The summed E-state index contributed by atoms with van der Waals surface area (Å²) in [6, 6.07) is 0. The van der Waals surface area contributed by atoms with Crippen LogP contribution < -0.4 is 0 Å². The Morgan fingerprint density at radius 3 is 1.46 bits per heavy atom. The molecule has 0 saturated carbocycles. The van der Waals surface area contributed by atoms with E-state index in [4.69, 9.17) is 19.3 Å². The van der Waals surface area contributed by atoms with Gasteiger partial charge in [-0.3, -0.25) is 0 Å². The monoisotopic (exact) mass is 402 g/mol.